The summed E-state index contributed by atoms with van der Waals surface area (Å²) in [7, 11) is 0. The van der Waals surface area contributed by atoms with Gasteiger partial charge in [0, 0.05) is 16.3 Å². The number of anilines is 1. The summed E-state index contributed by atoms with van der Waals surface area (Å²) in [6, 6.07) is 7.30. The van der Waals surface area contributed by atoms with E-state index < -0.39 is 23.0 Å². The Kier molecular flexibility index (Phi) is 3.30. The molecule has 0 heterocycles. The van der Waals surface area contributed by atoms with Crippen LogP contribution in [0.2, 0.25) is 5.02 Å². The average molecular weight is 268 g/mol. The quantitative estimate of drug-likeness (QED) is 0.669. The molecule has 18 heavy (non-hydrogen) atoms. The maximum absolute atomic E-state index is 13.5. The Labute approximate surface area is 107 Å². The van der Waals surface area contributed by atoms with Gasteiger partial charge in [-0.1, -0.05) is 17.7 Å². The summed E-state index contributed by atoms with van der Waals surface area (Å²) in [5.74, 6) is -2.63. The molecular formula is C13H8ClF2NO. The fourth-order valence-electron chi connectivity index (χ4n) is 1.60. The Morgan fingerprint density at radius 1 is 1.11 bits per heavy atom. The van der Waals surface area contributed by atoms with Crippen LogP contribution in [0.1, 0.15) is 15.9 Å². The van der Waals surface area contributed by atoms with Crippen LogP contribution in [0, 0.1) is 11.6 Å². The first kappa shape index (κ1) is 12.5. The minimum atomic E-state index is -0.918. The summed E-state index contributed by atoms with van der Waals surface area (Å²) in [5, 5.41) is 0.232. The van der Waals surface area contributed by atoms with E-state index in [4.69, 9.17) is 17.3 Å². The van der Waals surface area contributed by atoms with E-state index in [9.17, 15) is 13.6 Å². The normalized spacial score (nSPS) is 10.4. The van der Waals surface area contributed by atoms with Crippen molar-refractivity contribution in [1.82, 2.24) is 0 Å². The Morgan fingerprint density at radius 2 is 1.72 bits per heavy atom. The molecule has 0 atom stereocenters. The zero-order valence-corrected chi connectivity index (χ0v) is 9.84. The number of nitrogen functional groups attached to an aromatic ring is 1. The van der Waals surface area contributed by atoms with Crippen molar-refractivity contribution in [2.75, 3.05) is 5.73 Å². The van der Waals surface area contributed by atoms with Crippen molar-refractivity contribution in [3.8, 4) is 0 Å². The van der Waals surface area contributed by atoms with Crippen LogP contribution in [0.25, 0.3) is 0 Å². The van der Waals surface area contributed by atoms with Gasteiger partial charge in [-0.25, -0.2) is 8.78 Å². The lowest BCUT2D eigenvalue weighted by Gasteiger charge is -2.05. The molecule has 0 fully saturated rings. The molecule has 0 spiro atoms. The highest BCUT2D eigenvalue weighted by Crippen LogP contribution is 2.22. The predicted octanol–water partition coefficient (Wildman–Crippen LogP) is 3.43. The first-order valence-electron chi connectivity index (χ1n) is 5.04. The number of hydrogen-bond acceptors (Lipinski definition) is 2. The number of ketones is 1. The van der Waals surface area contributed by atoms with Crippen LogP contribution in [-0.4, -0.2) is 5.78 Å². The van der Waals surface area contributed by atoms with Crippen LogP contribution in [0.15, 0.2) is 36.4 Å². The molecule has 2 nitrogen and oxygen atoms in total. The lowest BCUT2D eigenvalue weighted by molar-refractivity contribution is 0.103. The third kappa shape index (κ3) is 2.33. The van der Waals surface area contributed by atoms with Crippen molar-refractivity contribution >= 4 is 23.1 Å². The van der Waals surface area contributed by atoms with Gasteiger partial charge in [-0.05, 0) is 30.3 Å². The summed E-state index contributed by atoms with van der Waals surface area (Å²) < 4.78 is 26.9. The Morgan fingerprint density at radius 3 is 2.28 bits per heavy atom. The van der Waals surface area contributed by atoms with Crippen molar-refractivity contribution in [2.24, 2.45) is 0 Å². The number of nitrogens with two attached hydrogens (primary N) is 1. The van der Waals surface area contributed by atoms with Crippen LogP contribution in [0.3, 0.4) is 0 Å². The van der Waals surface area contributed by atoms with Gasteiger partial charge < -0.3 is 5.73 Å². The van der Waals surface area contributed by atoms with Gasteiger partial charge in [-0.15, -0.1) is 0 Å². The second-order valence-corrected chi connectivity index (χ2v) is 4.14. The smallest absolute Gasteiger partial charge is 0.199 e. The number of carbonyl (C=O) groups is 1. The highest BCUT2D eigenvalue weighted by atomic mass is 35.5. The van der Waals surface area contributed by atoms with Crippen molar-refractivity contribution in [3.63, 3.8) is 0 Å². The largest absolute Gasteiger partial charge is 0.399 e. The van der Waals surface area contributed by atoms with Crippen LogP contribution >= 0.6 is 11.6 Å². The van der Waals surface area contributed by atoms with E-state index in [0.717, 1.165) is 12.1 Å². The summed E-state index contributed by atoms with van der Waals surface area (Å²) in [4.78, 5) is 12.0. The van der Waals surface area contributed by atoms with Gasteiger partial charge in [-0.3, -0.25) is 4.79 Å². The number of carbonyl (C=O) groups excluding carboxylic acids is 1. The molecule has 0 amide bonds. The molecule has 2 aromatic rings. The molecule has 0 aliphatic rings. The average Bonchev–Trinajstić information content (AvgIpc) is 2.27. The van der Waals surface area contributed by atoms with Gasteiger partial charge in [0.15, 0.2) is 5.78 Å². The van der Waals surface area contributed by atoms with Crippen molar-refractivity contribution < 1.29 is 13.6 Å². The summed E-state index contributed by atoms with van der Waals surface area (Å²) >= 11 is 5.74. The lowest BCUT2D eigenvalue weighted by Crippen LogP contribution is -2.08. The molecule has 2 aromatic carbocycles. The van der Waals surface area contributed by atoms with E-state index in [2.05, 4.69) is 0 Å². The Hall–Kier alpha value is -1.94. The molecule has 0 bridgehead atoms. The summed E-state index contributed by atoms with van der Waals surface area (Å²) in [5.41, 5.74) is 5.21. The highest BCUT2D eigenvalue weighted by molar-refractivity contribution is 6.31. The molecule has 0 radical (unpaired) electrons. The molecule has 2 N–H and O–H groups in total. The van der Waals surface area contributed by atoms with Crippen molar-refractivity contribution in [3.05, 3.63) is 64.2 Å². The summed E-state index contributed by atoms with van der Waals surface area (Å²) in [6.07, 6.45) is 0. The first-order chi connectivity index (χ1) is 8.49. The molecule has 0 aliphatic heterocycles. The minimum absolute atomic E-state index is 0.0454. The van der Waals surface area contributed by atoms with E-state index in [1.165, 1.54) is 24.3 Å². The van der Waals surface area contributed by atoms with Crippen LogP contribution in [0.4, 0.5) is 14.5 Å². The molecule has 2 rings (SSSR count). The minimum Gasteiger partial charge on any atom is -0.399 e. The van der Waals surface area contributed by atoms with Gasteiger partial charge in [0.05, 0.1) is 5.56 Å². The standard InChI is InChI=1S/C13H8ClF2NO/c14-8-4-7(5-9(17)6-8)13(18)12-10(15)2-1-3-11(12)16/h1-6H,17H2. The fourth-order valence-corrected chi connectivity index (χ4v) is 1.85. The monoisotopic (exact) mass is 267 g/mol. The second-order valence-electron chi connectivity index (χ2n) is 3.70. The van der Waals surface area contributed by atoms with E-state index >= 15 is 0 Å². The van der Waals surface area contributed by atoms with Gasteiger partial charge in [0.25, 0.3) is 0 Å². The van der Waals surface area contributed by atoms with E-state index in [1.807, 2.05) is 0 Å². The summed E-state index contributed by atoms with van der Waals surface area (Å²) in [6.45, 7) is 0. The second kappa shape index (κ2) is 4.74. The van der Waals surface area contributed by atoms with E-state index in [0.29, 0.717) is 0 Å². The van der Waals surface area contributed by atoms with Crippen LogP contribution in [0.5, 0.6) is 0 Å². The fraction of sp³-hybridized carbons (Fsp3) is 0. The van der Waals surface area contributed by atoms with Gasteiger partial charge in [-0.2, -0.15) is 0 Å². The van der Waals surface area contributed by atoms with Gasteiger partial charge in [0.2, 0.25) is 0 Å². The third-order valence-electron chi connectivity index (χ3n) is 2.37. The molecule has 0 aromatic heterocycles. The first-order valence-corrected chi connectivity index (χ1v) is 5.41. The zero-order valence-electron chi connectivity index (χ0n) is 9.08. The number of hydrogen-bond donors (Lipinski definition) is 1. The van der Waals surface area contributed by atoms with Crippen molar-refractivity contribution in [1.29, 1.82) is 0 Å². The van der Waals surface area contributed by atoms with Gasteiger partial charge in [0.1, 0.15) is 11.6 Å². The molecule has 92 valence electrons. The number of halogens is 3. The van der Waals surface area contributed by atoms with E-state index in [1.54, 1.807) is 0 Å². The molecule has 5 heteroatoms. The maximum Gasteiger partial charge on any atom is 0.199 e. The Balaban J connectivity index is 2.55. The number of benzene rings is 2. The Bertz CT molecular complexity index is 588. The lowest BCUT2D eigenvalue weighted by atomic mass is 10.0. The SMILES string of the molecule is Nc1cc(Cl)cc(C(=O)c2c(F)cccc2F)c1. The molecule has 0 aliphatic carbocycles. The topological polar surface area (TPSA) is 43.1 Å². The van der Waals surface area contributed by atoms with Gasteiger partial charge >= 0.3 is 0 Å². The molecular weight excluding hydrogens is 260 g/mol. The number of rotatable bonds is 2. The van der Waals surface area contributed by atoms with Crippen LogP contribution in [-0.2, 0) is 0 Å². The maximum atomic E-state index is 13.5. The predicted molar refractivity (Wildman–Crippen MR) is 65.7 cm³/mol. The molecule has 0 saturated heterocycles. The molecule has 0 unspecified atom stereocenters. The zero-order chi connectivity index (χ0) is 13.3. The molecule has 0 saturated carbocycles. The van der Waals surface area contributed by atoms with Crippen LogP contribution < -0.4 is 5.73 Å². The van der Waals surface area contributed by atoms with E-state index in [-0.39, 0.29) is 16.3 Å². The van der Waals surface area contributed by atoms with Crippen molar-refractivity contribution in [2.45, 2.75) is 0 Å². The third-order valence-corrected chi connectivity index (χ3v) is 2.59. The highest BCUT2D eigenvalue weighted by Gasteiger charge is 2.19.